The Morgan fingerprint density at radius 1 is 1.04 bits per heavy atom. The smallest absolute Gasteiger partial charge is 0.321 e. The summed E-state index contributed by atoms with van der Waals surface area (Å²) in [7, 11) is 0. The molecule has 1 aliphatic heterocycles. The zero-order chi connectivity index (χ0) is 18.5. The highest BCUT2D eigenvalue weighted by Gasteiger charge is 2.21. The maximum absolute atomic E-state index is 12.9. The van der Waals surface area contributed by atoms with Crippen molar-refractivity contribution in [3.8, 4) is 0 Å². The van der Waals surface area contributed by atoms with Crippen molar-refractivity contribution in [1.82, 2.24) is 9.80 Å². The van der Waals surface area contributed by atoms with Crippen LogP contribution in [-0.4, -0.2) is 48.6 Å². The zero-order valence-electron chi connectivity index (χ0n) is 15.5. The topological polar surface area (TPSA) is 35.6 Å². The quantitative estimate of drug-likeness (QED) is 0.905. The molecule has 0 bridgehead atoms. The first kappa shape index (κ1) is 18.4. The van der Waals surface area contributed by atoms with Gasteiger partial charge in [-0.15, -0.1) is 0 Å². The lowest BCUT2D eigenvalue weighted by Crippen LogP contribution is -2.50. The van der Waals surface area contributed by atoms with Crippen LogP contribution in [0.15, 0.2) is 42.5 Å². The normalized spacial score (nSPS) is 15.1. The lowest BCUT2D eigenvalue weighted by atomic mass is 10.1. The van der Waals surface area contributed by atoms with Gasteiger partial charge in [-0.25, -0.2) is 9.18 Å². The Morgan fingerprint density at radius 2 is 1.73 bits per heavy atom. The molecule has 2 amide bonds. The van der Waals surface area contributed by atoms with Crippen molar-refractivity contribution >= 4 is 11.7 Å². The molecule has 26 heavy (non-hydrogen) atoms. The number of amides is 2. The lowest BCUT2D eigenvalue weighted by molar-refractivity contribution is 0.148. The maximum Gasteiger partial charge on any atom is 0.321 e. The summed E-state index contributed by atoms with van der Waals surface area (Å²) in [5.74, 6) is -0.197. The van der Waals surface area contributed by atoms with E-state index in [4.69, 9.17) is 0 Å². The van der Waals surface area contributed by atoms with Crippen LogP contribution in [0.1, 0.15) is 16.7 Å². The summed E-state index contributed by atoms with van der Waals surface area (Å²) in [5.41, 5.74) is 4.28. The predicted molar refractivity (Wildman–Crippen MR) is 103 cm³/mol. The van der Waals surface area contributed by atoms with Gasteiger partial charge in [-0.05, 0) is 49.6 Å². The van der Waals surface area contributed by atoms with Gasteiger partial charge in [0.05, 0.1) is 0 Å². The Balaban J connectivity index is 1.45. The molecule has 0 aromatic heterocycles. The van der Waals surface area contributed by atoms with Crippen molar-refractivity contribution < 1.29 is 9.18 Å². The van der Waals surface area contributed by atoms with Gasteiger partial charge in [-0.1, -0.05) is 29.8 Å². The highest BCUT2D eigenvalue weighted by molar-refractivity contribution is 5.90. The minimum Gasteiger partial charge on any atom is -0.322 e. The van der Waals surface area contributed by atoms with Crippen molar-refractivity contribution in [3.63, 3.8) is 0 Å². The van der Waals surface area contributed by atoms with E-state index in [0.29, 0.717) is 0 Å². The Kier molecular flexibility index (Phi) is 5.89. The molecule has 4 nitrogen and oxygen atoms in total. The van der Waals surface area contributed by atoms with Gasteiger partial charge in [-0.2, -0.15) is 0 Å². The summed E-state index contributed by atoms with van der Waals surface area (Å²) in [6.45, 7) is 8.15. The minimum absolute atomic E-state index is 0.0323. The molecule has 5 heteroatoms. The molecule has 1 fully saturated rings. The fraction of sp³-hybridized carbons (Fsp3) is 0.381. The molecule has 0 saturated carbocycles. The first-order valence-corrected chi connectivity index (χ1v) is 9.11. The molecule has 0 aliphatic carbocycles. The molecule has 138 valence electrons. The van der Waals surface area contributed by atoms with Crippen molar-refractivity contribution in [2.24, 2.45) is 0 Å². The van der Waals surface area contributed by atoms with Crippen molar-refractivity contribution in [2.75, 3.05) is 38.0 Å². The molecule has 0 unspecified atom stereocenters. The molecule has 1 saturated heterocycles. The number of nitrogens with one attached hydrogen (secondary N) is 1. The van der Waals surface area contributed by atoms with E-state index in [0.717, 1.165) is 56.0 Å². The van der Waals surface area contributed by atoms with E-state index in [1.807, 2.05) is 43.0 Å². The van der Waals surface area contributed by atoms with Gasteiger partial charge in [0.2, 0.25) is 0 Å². The Labute approximate surface area is 154 Å². The van der Waals surface area contributed by atoms with Crippen LogP contribution < -0.4 is 5.32 Å². The van der Waals surface area contributed by atoms with Crippen LogP contribution in [0, 0.1) is 19.7 Å². The molecule has 0 radical (unpaired) electrons. The van der Waals surface area contributed by atoms with Crippen molar-refractivity contribution in [3.05, 3.63) is 65.0 Å². The number of urea groups is 1. The molecule has 1 aliphatic rings. The van der Waals surface area contributed by atoms with Gasteiger partial charge < -0.3 is 10.2 Å². The number of benzene rings is 2. The predicted octanol–water partition coefficient (Wildman–Crippen LogP) is 3.83. The van der Waals surface area contributed by atoms with E-state index in [1.54, 1.807) is 0 Å². The number of carbonyl (C=O) groups is 1. The van der Waals surface area contributed by atoms with Crippen LogP contribution in [0.25, 0.3) is 0 Å². The summed E-state index contributed by atoms with van der Waals surface area (Å²) in [5, 5.41) is 3.02. The first-order chi connectivity index (χ1) is 12.5. The third-order valence-electron chi connectivity index (χ3n) is 4.91. The Bertz CT molecular complexity index is 752. The van der Waals surface area contributed by atoms with Crippen LogP contribution in [0.4, 0.5) is 14.9 Å². The standard InChI is InChI=1S/C21H26FN3O/c1-16-3-8-20(17(2)15-16)23-21(26)25-13-11-24(12-14-25)10-9-18-4-6-19(22)7-5-18/h3-8,15H,9-14H2,1-2H3,(H,23,26). The molecule has 3 rings (SSSR count). The second-order valence-electron chi connectivity index (χ2n) is 6.95. The monoisotopic (exact) mass is 355 g/mol. The van der Waals surface area contributed by atoms with Gasteiger partial charge in [0.15, 0.2) is 0 Å². The number of piperazine rings is 1. The summed E-state index contributed by atoms with van der Waals surface area (Å²) >= 11 is 0. The van der Waals surface area contributed by atoms with Gasteiger partial charge in [0.1, 0.15) is 5.82 Å². The fourth-order valence-electron chi connectivity index (χ4n) is 3.26. The first-order valence-electron chi connectivity index (χ1n) is 9.11. The number of halogens is 1. The SMILES string of the molecule is Cc1ccc(NC(=O)N2CCN(CCc3ccc(F)cc3)CC2)c(C)c1. The van der Waals surface area contributed by atoms with E-state index in [2.05, 4.69) is 16.3 Å². The van der Waals surface area contributed by atoms with E-state index in [1.165, 1.54) is 17.7 Å². The zero-order valence-corrected chi connectivity index (χ0v) is 15.5. The van der Waals surface area contributed by atoms with Gasteiger partial charge in [0.25, 0.3) is 0 Å². The van der Waals surface area contributed by atoms with Gasteiger partial charge >= 0.3 is 6.03 Å². The highest BCUT2D eigenvalue weighted by Crippen LogP contribution is 2.17. The van der Waals surface area contributed by atoms with Crippen LogP contribution in [0.5, 0.6) is 0 Å². The largest absolute Gasteiger partial charge is 0.322 e. The third kappa shape index (κ3) is 4.82. The number of nitrogens with zero attached hydrogens (tertiary/aromatic N) is 2. The second kappa shape index (κ2) is 8.32. The average molecular weight is 355 g/mol. The summed E-state index contributed by atoms with van der Waals surface area (Å²) in [6.07, 6.45) is 0.898. The number of rotatable bonds is 4. The Hall–Kier alpha value is -2.40. The van der Waals surface area contributed by atoms with E-state index in [-0.39, 0.29) is 11.8 Å². The molecule has 2 aromatic carbocycles. The summed E-state index contributed by atoms with van der Waals surface area (Å²) in [4.78, 5) is 16.7. The molecule has 0 spiro atoms. The van der Waals surface area contributed by atoms with E-state index in [9.17, 15) is 9.18 Å². The van der Waals surface area contributed by atoms with Crippen LogP contribution >= 0.6 is 0 Å². The minimum atomic E-state index is -0.197. The van der Waals surface area contributed by atoms with Crippen molar-refractivity contribution in [1.29, 1.82) is 0 Å². The van der Waals surface area contributed by atoms with E-state index < -0.39 is 0 Å². The molecule has 1 N–H and O–H groups in total. The average Bonchev–Trinajstić information content (AvgIpc) is 2.64. The van der Waals surface area contributed by atoms with Crippen LogP contribution in [-0.2, 0) is 6.42 Å². The van der Waals surface area contributed by atoms with Gasteiger partial charge in [0, 0.05) is 38.4 Å². The third-order valence-corrected chi connectivity index (χ3v) is 4.91. The number of anilines is 1. The second-order valence-corrected chi connectivity index (χ2v) is 6.95. The van der Waals surface area contributed by atoms with Crippen LogP contribution in [0.2, 0.25) is 0 Å². The van der Waals surface area contributed by atoms with Gasteiger partial charge in [-0.3, -0.25) is 4.90 Å². The summed E-state index contributed by atoms with van der Waals surface area (Å²) < 4.78 is 12.9. The molecule has 2 aromatic rings. The lowest BCUT2D eigenvalue weighted by Gasteiger charge is -2.34. The van der Waals surface area contributed by atoms with E-state index >= 15 is 0 Å². The van der Waals surface area contributed by atoms with Crippen molar-refractivity contribution in [2.45, 2.75) is 20.3 Å². The number of hydrogen-bond acceptors (Lipinski definition) is 2. The molecule has 1 heterocycles. The number of carbonyl (C=O) groups excluding carboxylic acids is 1. The van der Waals surface area contributed by atoms with Crippen LogP contribution in [0.3, 0.4) is 0 Å². The summed E-state index contributed by atoms with van der Waals surface area (Å²) in [6, 6.07) is 12.7. The number of hydrogen-bond donors (Lipinski definition) is 1. The molecular weight excluding hydrogens is 329 g/mol. The maximum atomic E-state index is 12.9. The molecular formula is C21H26FN3O. The molecule has 0 atom stereocenters. The number of aryl methyl sites for hydroxylation is 2. The fourth-order valence-corrected chi connectivity index (χ4v) is 3.26. The Morgan fingerprint density at radius 3 is 2.38 bits per heavy atom. The highest BCUT2D eigenvalue weighted by atomic mass is 19.1.